The van der Waals surface area contributed by atoms with Gasteiger partial charge >= 0.3 is 0 Å². The van der Waals surface area contributed by atoms with Gasteiger partial charge in [-0.25, -0.2) is 8.42 Å². The summed E-state index contributed by atoms with van der Waals surface area (Å²) in [5.41, 5.74) is 0.983. The van der Waals surface area contributed by atoms with Crippen molar-refractivity contribution in [1.82, 2.24) is 10.2 Å². The molecule has 0 spiro atoms. The smallest absolute Gasteiger partial charge is 0.264 e. The van der Waals surface area contributed by atoms with E-state index in [1.54, 1.807) is 80.6 Å². The molecule has 0 saturated heterocycles. The number of amides is 2. The fourth-order valence-electron chi connectivity index (χ4n) is 4.17. The van der Waals surface area contributed by atoms with Crippen molar-refractivity contribution in [2.24, 2.45) is 0 Å². The molecule has 1 atom stereocenters. The normalized spacial score (nSPS) is 11.9. The quantitative estimate of drug-likeness (QED) is 0.315. The minimum atomic E-state index is -4.18. The molecule has 0 saturated carbocycles. The second-order valence-corrected chi connectivity index (χ2v) is 11.0. The van der Waals surface area contributed by atoms with Crippen molar-refractivity contribution in [1.29, 1.82) is 0 Å². The van der Waals surface area contributed by atoms with Gasteiger partial charge < -0.3 is 15.0 Å². The highest BCUT2D eigenvalue weighted by molar-refractivity contribution is 7.92. The summed E-state index contributed by atoms with van der Waals surface area (Å²) in [6.07, 6.45) is 0.339. The molecule has 8 nitrogen and oxygen atoms in total. The number of carbonyl (C=O) groups is 2. The lowest BCUT2D eigenvalue weighted by Gasteiger charge is -2.33. The van der Waals surface area contributed by atoms with E-state index in [0.717, 1.165) is 9.87 Å². The number of rotatable bonds is 13. The van der Waals surface area contributed by atoms with Gasteiger partial charge in [0.2, 0.25) is 11.8 Å². The Bertz CT molecular complexity index is 1350. The maximum atomic E-state index is 14.0. The number of halogens is 1. The maximum absolute atomic E-state index is 14.0. The molecule has 0 aliphatic heterocycles. The molecular formula is C29H34ClN3O5S. The van der Waals surface area contributed by atoms with Crippen molar-refractivity contribution in [2.75, 3.05) is 24.0 Å². The number of para-hydroxylation sites is 2. The first-order valence-electron chi connectivity index (χ1n) is 12.8. The summed E-state index contributed by atoms with van der Waals surface area (Å²) in [4.78, 5) is 28.5. The molecule has 2 amide bonds. The first-order chi connectivity index (χ1) is 18.7. The van der Waals surface area contributed by atoms with Crippen LogP contribution in [0.5, 0.6) is 5.75 Å². The molecule has 0 radical (unpaired) electrons. The Morgan fingerprint density at radius 1 is 0.923 bits per heavy atom. The molecule has 3 aromatic rings. The number of sulfonamides is 1. The van der Waals surface area contributed by atoms with Gasteiger partial charge in [0.1, 0.15) is 18.3 Å². The van der Waals surface area contributed by atoms with Crippen molar-refractivity contribution < 1.29 is 22.7 Å². The number of nitrogens with one attached hydrogen (secondary N) is 1. The second-order valence-electron chi connectivity index (χ2n) is 8.69. The summed E-state index contributed by atoms with van der Waals surface area (Å²) in [6.45, 7) is 5.67. The molecule has 0 fully saturated rings. The number of hydrogen-bond donors (Lipinski definition) is 1. The molecule has 0 aromatic heterocycles. The monoisotopic (exact) mass is 571 g/mol. The Morgan fingerprint density at radius 3 is 2.18 bits per heavy atom. The summed E-state index contributed by atoms with van der Waals surface area (Å²) in [5, 5.41) is 3.33. The van der Waals surface area contributed by atoms with E-state index in [1.165, 1.54) is 17.0 Å². The molecule has 0 aliphatic carbocycles. The fraction of sp³-hybridized carbons (Fsp3) is 0.310. The average Bonchev–Trinajstić information content (AvgIpc) is 2.94. The summed E-state index contributed by atoms with van der Waals surface area (Å²) in [5.74, 6) is -0.518. The summed E-state index contributed by atoms with van der Waals surface area (Å²) in [6, 6.07) is 20.7. The molecule has 0 aliphatic rings. The molecule has 3 rings (SSSR count). The van der Waals surface area contributed by atoms with Crippen LogP contribution in [0.2, 0.25) is 5.02 Å². The van der Waals surface area contributed by atoms with Crippen LogP contribution in [0.1, 0.15) is 32.8 Å². The number of anilines is 1. The molecule has 0 heterocycles. The summed E-state index contributed by atoms with van der Waals surface area (Å²) < 4.78 is 34.6. The van der Waals surface area contributed by atoms with Crippen LogP contribution in [0, 0.1) is 0 Å². The topological polar surface area (TPSA) is 96.0 Å². The zero-order chi connectivity index (χ0) is 28.4. The molecular weight excluding hydrogens is 538 g/mol. The van der Waals surface area contributed by atoms with Crippen molar-refractivity contribution in [3.63, 3.8) is 0 Å². The Kier molecular flexibility index (Phi) is 10.8. The van der Waals surface area contributed by atoms with Crippen molar-refractivity contribution in [2.45, 2.75) is 44.7 Å². The molecule has 1 unspecified atom stereocenters. The van der Waals surface area contributed by atoms with E-state index in [2.05, 4.69) is 5.32 Å². The van der Waals surface area contributed by atoms with Crippen molar-refractivity contribution in [3.05, 3.63) is 89.4 Å². The van der Waals surface area contributed by atoms with Gasteiger partial charge in [0.05, 0.1) is 17.2 Å². The first-order valence-corrected chi connectivity index (χ1v) is 14.7. The van der Waals surface area contributed by atoms with Crippen molar-refractivity contribution in [3.8, 4) is 5.75 Å². The molecule has 39 heavy (non-hydrogen) atoms. The van der Waals surface area contributed by atoms with Crippen LogP contribution in [0.25, 0.3) is 0 Å². The molecule has 10 heteroatoms. The van der Waals surface area contributed by atoms with Gasteiger partial charge in [-0.1, -0.05) is 61.0 Å². The van der Waals surface area contributed by atoms with Gasteiger partial charge in [0.25, 0.3) is 10.0 Å². The van der Waals surface area contributed by atoms with Crippen molar-refractivity contribution >= 4 is 39.1 Å². The van der Waals surface area contributed by atoms with Crippen LogP contribution in [0.3, 0.4) is 0 Å². The predicted octanol–water partition coefficient (Wildman–Crippen LogP) is 4.88. The first kappa shape index (κ1) is 30.0. The standard InChI is InChI=1S/C29H34ClN3O5S/c1-4-25(29(35)31-5-2)32(20-22-16-18-23(30)19-17-22)28(34)21-33(26-14-10-11-15-27(26)38-6-3)39(36,37)24-12-8-7-9-13-24/h7-19,25H,4-6,20-21H2,1-3H3,(H,31,35). The minimum Gasteiger partial charge on any atom is -0.492 e. The van der Waals surface area contributed by atoms with Gasteiger partial charge in [-0.15, -0.1) is 0 Å². The molecule has 1 N–H and O–H groups in total. The highest BCUT2D eigenvalue weighted by Crippen LogP contribution is 2.33. The average molecular weight is 572 g/mol. The number of carbonyl (C=O) groups excluding carboxylic acids is 2. The highest BCUT2D eigenvalue weighted by Gasteiger charge is 2.34. The van der Waals surface area contributed by atoms with E-state index in [-0.39, 0.29) is 23.0 Å². The SMILES string of the molecule is CCNC(=O)C(CC)N(Cc1ccc(Cl)cc1)C(=O)CN(c1ccccc1OCC)S(=O)(=O)c1ccccc1. The van der Waals surface area contributed by atoms with E-state index in [0.29, 0.717) is 30.3 Å². The van der Waals surface area contributed by atoms with Crippen LogP contribution in [-0.2, 0) is 26.2 Å². The van der Waals surface area contributed by atoms with E-state index in [4.69, 9.17) is 16.3 Å². The lowest BCUT2D eigenvalue weighted by atomic mass is 10.1. The Morgan fingerprint density at radius 2 is 1.56 bits per heavy atom. The van der Waals surface area contributed by atoms with E-state index in [9.17, 15) is 18.0 Å². The van der Waals surface area contributed by atoms with Crippen LogP contribution in [0.4, 0.5) is 5.69 Å². The summed E-state index contributed by atoms with van der Waals surface area (Å²) in [7, 11) is -4.18. The zero-order valence-corrected chi connectivity index (χ0v) is 23.9. The van der Waals surface area contributed by atoms with Gasteiger partial charge in [0.15, 0.2) is 0 Å². The second kappa shape index (κ2) is 14.0. The van der Waals surface area contributed by atoms with Crippen LogP contribution in [0.15, 0.2) is 83.8 Å². The number of hydrogen-bond acceptors (Lipinski definition) is 5. The number of benzene rings is 3. The highest BCUT2D eigenvalue weighted by atomic mass is 35.5. The summed E-state index contributed by atoms with van der Waals surface area (Å²) >= 11 is 6.05. The van der Waals surface area contributed by atoms with Gasteiger partial charge in [-0.05, 0) is 62.2 Å². The lowest BCUT2D eigenvalue weighted by molar-refractivity contribution is -0.140. The predicted molar refractivity (Wildman–Crippen MR) is 153 cm³/mol. The Hall–Kier alpha value is -3.56. The lowest BCUT2D eigenvalue weighted by Crippen LogP contribution is -2.52. The number of likely N-dealkylation sites (N-methyl/N-ethyl adjacent to an activating group) is 1. The number of nitrogens with zero attached hydrogens (tertiary/aromatic N) is 2. The fourth-order valence-corrected chi connectivity index (χ4v) is 5.74. The Balaban J connectivity index is 2.09. The van der Waals surface area contributed by atoms with E-state index < -0.39 is 28.5 Å². The number of ether oxygens (including phenoxy) is 1. The third-order valence-corrected chi connectivity index (χ3v) is 8.07. The molecule has 3 aromatic carbocycles. The zero-order valence-electron chi connectivity index (χ0n) is 22.3. The molecule has 0 bridgehead atoms. The van der Waals surface area contributed by atoms with Crippen LogP contribution >= 0.6 is 11.6 Å². The van der Waals surface area contributed by atoms with Gasteiger partial charge in [0, 0.05) is 18.1 Å². The largest absolute Gasteiger partial charge is 0.492 e. The van der Waals surface area contributed by atoms with E-state index >= 15 is 0 Å². The minimum absolute atomic E-state index is 0.0316. The van der Waals surface area contributed by atoms with Gasteiger partial charge in [-0.2, -0.15) is 0 Å². The third kappa shape index (κ3) is 7.52. The molecule has 208 valence electrons. The maximum Gasteiger partial charge on any atom is 0.264 e. The Labute approximate surface area is 235 Å². The van der Waals surface area contributed by atoms with E-state index in [1.807, 2.05) is 6.92 Å². The van der Waals surface area contributed by atoms with Crippen LogP contribution in [-0.4, -0.2) is 50.9 Å². The third-order valence-electron chi connectivity index (χ3n) is 6.05. The van der Waals surface area contributed by atoms with Crippen LogP contribution < -0.4 is 14.4 Å². The van der Waals surface area contributed by atoms with Gasteiger partial charge in [-0.3, -0.25) is 13.9 Å².